The van der Waals surface area contributed by atoms with Crippen molar-refractivity contribution in [2.24, 2.45) is 0 Å². The highest BCUT2D eigenvalue weighted by Gasteiger charge is 2.15. The number of fused-ring (bicyclic) bond motifs is 1. The topological polar surface area (TPSA) is 65.7 Å². The molecule has 2 heterocycles. The number of carbonyl (C=O) groups excluding carboxylic acids is 1. The fourth-order valence-corrected chi connectivity index (χ4v) is 2.11. The Labute approximate surface area is 131 Å². The van der Waals surface area contributed by atoms with Crippen molar-refractivity contribution in [1.29, 1.82) is 0 Å². The number of ether oxygens (including phenoxy) is 2. The van der Waals surface area contributed by atoms with Crippen molar-refractivity contribution in [2.75, 3.05) is 6.61 Å². The molecule has 22 heavy (non-hydrogen) atoms. The van der Waals surface area contributed by atoms with Gasteiger partial charge in [0.2, 0.25) is 11.2 Å². The zero-order valence-electron chi connectivity index (χ0n) is 11.7. The maximum atomic E-state index is 11.8. The number of esters is 1. The molecule has 0 bridgehead atoms. The molecule has 6 nitrogen and oxygen atoms in total. The van der Waals surface area contributed by atoms with Crippen LogP contribution in [0.4, 0.5) is 0 Å². The van der Waals surface area contributed by atoms with Crippen LogP contribution < -0.4 is 4.74 Å². The molecule has 1 aromatic carbocycles. The van der Waals surface area contributed by atoms with Gasteiger partial charge in [-0.1, -0.05) is 18.2 Å². The van der Waals surface area contributed by atoms with Gasteiger partial charge in [0.25, 0.3) is 0 Å². The van der Waals surface area contributed by atoms with Gasteiger partial charge in [-0.05, 0) is 36.7 Å². The Kier molecular flexibility index (Phi) is 3.93. The van der Waals surface area contributed by atoms with Crippen LogP contribution in [0.3, 0.4) is 0 Å². The van der Waals surface area contributed by atoms with Gasteiger partial charge in [-0.3, -0.25) is 0 Å². The van der Waals surface area contributed by atoms with Crippen LogP contribution in [-0.2, 0) is 4.74 Å². The second-order valence-corrected chi connectivity index (χ2v) is 4.72. The van der Waals surface area contributed by atoms with Crippen LogP contribution in [0.1, 0.15) is 17.3 Å². The Bertz CT molecular complexity index is 818. The summed E-state index contributed by atoms with van der Waals surface area (Å²) in [5.41, 5.74) is 0.882. The van der Waals surface area contributed by atoms with E-state index in [1.54, 1.807) is 25.1 Å². The SMILES string of the molecule is CCOC(=O)c1cc2c(Oc3ccccc3)nc(Cl)nn2c1. The van der Waals surface area contributed by atoms with Crippen molar-refractivity contribution in [3.8, 4) is 11.6 Å². The van der Waals surface area contributed by atoms with Gasteiger partial charge in [0.05, 0.1) is 12.2 Å². The monoisotopic (exact) mass is 317 g/mol. The fourth-order valence-electron chi connectivity index (χ4n) is 1.95. The fraction of sp³-hybridized carbons (Fsp3) is 0.133. The summed E-state index contributed by atoms with van der Waals surface area (Å²) in [4.78, 5) is 15.9. The number of hydrogen-bond donors (Lipinski definition) is 0. The van der Waals surface area contributed by atoms with Gasteiger partial charge in [-0.15, -0.1) is 5.10 Å². The average Bonchev–Trinajstić information content (AvgIpc) is 2.92. The van der Waals surface area contributed by atoms with Crippen LogP contribution in [0, 0.1) is 0 Å². The Morgan fingerprint density at radius 3 is 2.82 bits per heavy atom. The van der Waals surface area contributed by atoms with Crippen LogP contribution in [0.5, 0.6) is 11.6 Å². The maximum Gasteiger partial charge on any atom is 0.339 e. The van der Waals surface area contributed by atoms with Crippen LogP contribution in [0.15, 0.2) is 42.6 Å². The lowest BCUT2D eigenvalue weighted by Gasteiger charge is -2.06. The van der Waals surface area contributed by atoms with Gasteiger partial charge >= 0.3 is 5.97 Å². The van der Waals surface area contributed by atoms with Crippen LogP contribution in [-0.4, -0.2) is 27.2 Å². The van der Waals surface area contributed by atoms with Crippen LogP contribution >= 0.6 is 11.6 Å². The molecule has 3 aromatic rings. The molecule has 3 rings (SSSR count). The van der Waals surface area contributed by atoms with Crippen LogP contribution in [0.2, 0.25) is 5.28 Å². The Morgan fingerprint density at radius 1 is 1.32 bits per heavy atom. The molecule has 0 fully saturated rings. The predicted molar refractivity (Wildman–Crippen MR) is 80.5 cm³/mol. The normalized spacial score (nSPS) is 10.6. The largest absolute Gasteiger partial charge is 0.462 e. The third kappa shape index (κ3) is 2.87. The minimum Gasteiger partial charge on any atom is -0.462 e. The van der Waals surface area contributed by atoms with E-state index < -0.39 is 5.97 Å². The van der Waals surface area contributed by atoms with E-state index in [0.29, 0.717) is 23.4 Å². The van der Waals surface area contributed by atoms with Gasteiger partial charge in [-0.2, -0.15) is 4.98 Å². The number of rotatable bonds is 4. The molecule has 0 amide bonds. The second kappa shape index (κ2) is 6.03. The standard InChI is InChI=1S/C15H12ClN3O3/c1-2-21-14(20)10-8-12-13(17-15(16)18-19(12)9-10)22-11-6-4-3-5-7-11/h3-9H,2H2,1H3. The molecule has 0 unspecified atom stereocenters. The number of halogens is 1. The first-order chi connectivity index (χ1) is 10.7. The molecule has 0 atom stereocenters. The molecular formula is C15H12ClN3O3. The second-order valence-electron chi connectivity index (χ2n) is 4.38. The minimum absolute atomic E-state index is 0.0180. The van der Waals surface area contributed by atoms with Crippen molar-refractivity contribution < 1.29 is 14.3 Å². The van der Waals surface area contributed by atoms with Gasteiger partial charge in [0.1, 0.15) is 11.3 Å². The lowest BCUT2D eigenvalue weighted by Crippen LogP contribution is -2.02. The molecule has 0 aliphatic heterocycles. The zero-order chi connectivity index (χ0) is 15.5. The van der Waals surface area contributed by atoms with Gasteiger partial charge in [-0.25, -0.2) is 9.31 Å². The first kappa shape index (κ1) is 14.3. The summed E-state index contributed by atoms with van der Waals surface area (Å²) in [6, 6.07) is 10.8. The van der Waals surface area contributed by atoms with Crippen molar-refractivity contribution in [2.45, 2.75) is 6.92 Å². The molecule has 0 spiro atoms. The van der Waals surface area contributed by atoms with Crippen molar-refractivity contribution in [3.63, 3.8) is 0 Å². The number of para-hydroxylation sites is 1. The summed E-state index contributed by atoms with van der Waals surface area (Å²) < 4.78 is 12.1. The molecule has 0 aliphatic rings. The number of aromatic nitrogens is 3. The van der Waals surface area contributed by atoms with Crippen molar-refractivity contribution in [1.82, 2.24) is 14.6 Å². The first-order valence-electron chi connectivity index (χ1n) is 6.63. The third-order valence-corrected chi connectivity index (χ3v) is 3.03. The average molecular weight is 318 g/mol. The van der Waals surface area contributed by atoms with Crippen LogP contribution in [0.25, 0.3) is 5.52 Å². The van der Waals surface area contributed by atoms with Crippen molar-refractivity contribution >= 4 is 23.1 Å². The smallest absolute Gasteiger partial charge is 0.339 e. The molecular weight excluding hydrogens is 306 g/mol. The minimum atomic E-state index is -0.435. The molecule has 0 aliphatic carbocycles. The van der Waals surface area contributed by atoms with E-state index in [1.807, 2.05) is 18.2 Å². The molecule has 7 heteroatoms. The Morgan fingerprint density at radius 2 is 2.09 bits per heavy atom. The Balaban J connectivity index is 2.03. The number of hydrogen-bond acceptors (Lipinski definition) is 5. The van der Waals surface area contributed by atoms with E-state index in [9.17, 15) is 4.79 Å². The lowest BCUT2D eigenvalue weighted by atomic mass is 10.3. The van der Waals surface area contributed by atoms with E-state index in [-0.39, 0.29) is 11.2 Å². The summed E-state index contributed by atoms with van der Waals surface area (Å²) >= 11 is 5.90. The molecule has 0 saturated heterocycles. The lowest BCUT2D eigenvalue weighted by molar-refractivity contribution is 0.0526. The molecule has 112 valence electrons. The quantitative estimate of drug-likeness (QED) is 0.690. The summed E-state index contributed by atoms with van der Waals surface area (Å²) in [6.07, 6.45) is 1.53. The number of carbonyl (C=O) groups is 1. The van der Waals surface area contributed by atoms with E-state index in [4.69, 9.17) is 21.1 Å². The number of nitrogens with zero attached hydrogens (tertiary/aromatic N) is 3. The van der Waals surface area contributed by atoms with Crippen molar-refractivity contribution in [3.05, 3.63) is 53.4 Å². The molecule has 0 N–H and O–H groups in total. The van der Waals surface area contributed by atoms with Gasteiger partial charge in [0.15, 0.2) is 0 Å². The Hall–Kier alpha value is -2.60. The molecule has 0 radical (unpaired) electrons. The van der Waals surface area contributed by atoms with E-state index >= 15 is 0 Å². The molecule has 2 aromatic heterocycles. The highest BCUT2D eigenvalue weighted by molar-refractivity contribution is 6.28. The van der Waals surface area contributed by atoms with Gasteiger partial charge in [0, 0.05) is 6.20 Å². The van der Waals surface area contributed by atoms with Gasteiger partial charge < -0.3 is 9.47 Å². The summed E-state index contributed by atoms with van der Waals surface area (Å²) in [5.74, 6) is 0.439. The number of benzene rings is 1. The van der Waals surface area contributed by atoms with E-state index in [2.05, 4.69) is 10.1 Å². The predicted octanol–water partition coefficient (Wildman–Crippen LogP) is 3.35. The first-order valence-corrected chi connectivity index (χ1v) is 7.01. The summed E-state index contributed by atoms with van der Waals surface area (Å²) in [6.45, 7) is 2.04. The van der Waals surface area contributed by atoms with E-state index in [0.717, 1.165) is 0 Å². The highest BCUT2D eigenvalue weighted by Crippen LogP contribution is 2.26. The summed E-state index contributed by atoms with van der Waals surface area (Å²) in [5, 5.41) is 4.04. The summed E-state index contributed by atoms with van der Waals surface area (Å²) in [7, 11) is 0. The maximum absolute atomic E-state index is 11.8. The highest BCUT2D eigenvalue weighted by atomic mass is 35.5. The third-order valence-electron chi connectivity index (χ3n) is 2.87. The van der Waals surface area contributed by atoms with E-state index in [1.165, 1.54) is 10.7 Å². The molecule has 0 saturated carbocycles. The zero-order valence-corrected chi connectivity index (χ0v) is 12.4.